The number of carbonyl (C=O) groups excluding carboxylic acids is 1. The summed E-state index contributed by atoms with van der Waals surface area (Å²) in [6, 6.07) is 6.50. The van der Waals surface area contributed by atoms with E-state index in [1.165, 1.54) is 28.2 Å². The highest BCUT2D eigenvalue weighted by atomic mass is 35.5. The van der Waals surface area contributed by atoms with Gasteiger partial charge in [-0.3, -0.25) is 4.79 Å². The minimum Gasteiger partial charge on any atom is -0.318 e. The second kappa shape index (κ2) is 5.54. The molecular weight excluding hydrogens is 292 g/mol. The number of ketones is 1. The van der Waals surface area contributed by atoms with E-state index in [-0.39, 0.29) is 11.7 Å². The van der Waals surface area contributed by atoms with Crippen LogP contribution in [0.5, 0.6) is 0 Å². The van der Waals surface area contributed by atoms with Gasteiger partial charge in [0, 0.05) is 17.6 Å². The van der Waals surface area contributed by atoms with Crippen molar-refractivity contribution >= 4 is 39.5 Å². The minimum atomic E-state index is -0.115. The van der Waals surface area contributed by atoms with E-state index in [1.807, 2.05) is 0 Å². The number of aromatic nitrogens is 1. The predicted molar refractivity (Wildman–Crippen MR) is 83.7 cm³/mol. The number of rotatable bonds is 3. The van der Waals surface area contributed by atoms with Crippen LogP contribution in [-0.4, -0.2) is 23.2 Å². The summed E-state index contributed by atoms with van der Waals surface area (Å²) in [5, 5.41) is 2.67. The first kappa shape index (κ1) is 13.6. The van der Waals surface area contributed by atoms with Gasteiger partial charge in [0.05, 0.1) is 5.88 Å². The lowest BCUT2D eigenvalue weighted by Crippen LogP contribution is -2.24. The molecule has 0 unspecified atom stereocenters. The Morgan fingerprint density at radius 2 is 2.35 bits per heavy atom. The van der Waals surface area contributed by atoms with Gasteiger partial charge in [-0.05, 0) is 31.4 Å². The zero-order chi connectivity index (χ0) is 14.1. The summed E-state index contributed by atoms with van der Waals surface area (Å²) in [5.74, 6) is -0.130. The molecule has 0 spiro atoms. The van der Waals surface area contributed by atoms with Gasteiger partial charge in [-0.2, -0.15) is 0 Å². The number of thiazole rings is 1. The number of Topliss-reactive ketones (excluding diaryl/α,β-unsaturated/α-hetero) is 1. The van der Waals surface area contributed by atoms with Crippen LogP contribution < -0.4 is 4.90 Å². The van der Waals surface area contributed by atoms with Gasteiger partial charge in [0.2, 0.25) is 0 Å². The van der Waals surface area contributed by atoms with Crippen molar-refractivity contribution in [2.45, 2.75) is 19.8 Å². The van der Waals surface area contributed by atoms with Crippen LogP contribution in [0.15, 0.2) is 23.6 Å². The van der Waals surface area contributed by atoms with E-state index in [4.69, 9.17) is 11.6 Å². The zero-order valence-corrected chi connectivity index (χ0v) is 12.8. The summed E-state index contributed by atoms with van der Waals surface area (Å²) >= 11 is 7.08. The summed E-state index contributed by atoms with van der Waals surface area (Å²) in [7, 11) is 0. The Bertz CT molecular complexity index is 653. The van der Waals surface area contributed by atoms with Crippen LogP contribution in [0.4, 0.5) is 10.8 Å². The maximum Gasteiger partial charge on any atom is 0.196 e. The SMILES string of the molecule is Cc1ccc2c(c1)CCCN2c1nc(C(=O)CCl)cs1. The summed E-state index contributed by atoms with van der Waals surface area (Å²) < 4.78 is 0. The van der Waals surface area contributed by atoms with Crippen molar-refractivity contribution in [3.05, 3.63) is 40.4 Å². The lowest BCUT2D eigenvalue weighted by molar-refractivity contribution is 0.101. The summed E-state index contributed by atoms with van der Waals surface area (Å²) in [4.78, 5) is 18.2. The van der Waals surface area contributed by atoms with Crippen molar-refractivity contribution in [1.82, 2.24) is 4.98 Å². The number of hydrogen-bond acceptors (Lipinski definition) is 4. The fourth-order valence-corrected chi connectivity index (χ4v) is 3.52. The zero-order valence-electron chi connectivity index (χ0n) is 11.2. The van der Waals surface area contributed by atoms with E-state index in [0.29, 0.717) is 5.69 Å². The average molecular weight is 307 g/mol. The molecular formula is C15H15ClN2OS. The molecule has 0 atom stereocenters. The van der Waals surface area contributed by atoms with E-state index in [2.05, 4.69) is 35.0 Å². The van der Waals surface area contributed by atoms with Gasteiger partial charge in [-0.25, -0.2) is 4.98 Å². The molecule has 3 rings (SSSR count). The molecule has 1 aliphatic heterocycles. The summed E-state index contributed by atoms with van der Waals surface area (Å²) in [5.41, 5.74) is 4.32. The normalized spacial score (nSPS) is 14.2. The highest BCUT2D eigenvalue weighted by molar-refractivity contribution is 7.14. The van der Waals surface area contributed by atoms with Crippen molar-refractivity contribution in [3.8, 4) is 0 Å². The number of fused-ring (bicyclic) bond motifs is 1. The number of halogens is 1. The molecule has 1 aromatic heterocycles. The van der Waals surface area contributed by atoms with E-state index in [0.717, 1.165) is 24.5 Å². The molecule has 0 saturated heterocycles. The molecule has 0 saturated carbocycles. The van der Waals surface area contributed by atoms with Crippen LogP contribution in [0.1, 0.15) is 28.0 Å². The Balaban J connectivity index is 1.96. The van der Waals surface area contributed by atoms with Crippen LogP contribution in [0.25, 0.3) is 0 Å². The number of carbonyl (C=O) groups is 1. The predicted octanol–water partition coefficient (Wildman–Crippen LogP) is 3.96. The van der Waals surface area contributed by atoms with Crippen LogP contribution in [0.3, 0.4) is 0 Å². The fraction of sp³-hybridized carbons (Fsp3) is 0.333. The Morgan fingerprint density at radius 3 is 3.15 bits per heavy atom. The first-order chi connectivity index (χ1) is 9.69. The Labute approximate surface area is 127 Å². The topological polar surface area (TPSA) is 33.2 Å². The van der Waals surface area contributed by atoms with Crippen molar-refractivity contribution in [3.63, 3.8) is 0 Å². The number of hydrogen-bond donors (Lipinski definition) is 0. The van der Waals surface area contributed by atoms with Gasteiger partial charge in [0.25, 0.3) is 0 Å². The van der Waals surface area contributed by atoms with Gasteiger partial charge in [0.1, 0.15) is 5.69 Å². The first-order valence-electron chi connectivity index (χ1n) is 6.61. The largest absolute Gasteiger partial charge is 0.318 e. The molecule has 2 heterocycles. The number of alkyl halides is 1. The molecule has 0 N–H and O–H groups in total. The van der Waals surface area contributed by atoms with Gasteiger partial charge < -0.3 is 4.90 Å². The number of aryl methyl sites for hydroxylation is 2. The van der Waals surface area contributed by atoms with E-state index >= 15 is 0 Å². The third-order valence-electron chi connectivity index (χ3n) is 3.48. The highest BCUT2D eigenvalue weighted by Gasteiger charge is 2.21. The second-order valence-electron chi connectivity index (χ2n) is 4.96. The molecule has 0 bridgehead atoms. The highest BCUT2D eigenvalue weighted by Crippen LogP contribution is 2.35. The van der Waals surface area contributed by atoms with Gasteiger partial charge in [-0.15, -0.1) is 22.9 Å². The molecule has 3 nitrogen and oxygen atoms in total. The lowest BCUT2D eigenvalue weighted by atomic mass is 10.00. The van der Waals surface area contributed by atoms with Crippen molar-refractivity contribution in [2.24, 2.45) is 0 Å². The van der Waals surface area contributed by atoms with E-state index in [9.17, 15) is 4.79 Å². The first-order valence-corrected chi connectivity index (χ1v) is 8.02. The summed E-state index contributed by atoms with van der Waals surface area (Å²) in [6.07, 6.45) is 2.21. The molecule has 104 valence electrons. The van der Waals surface area contributed by atoms with E-state index in [1.54, 1.807) is 5.38 Å². The molecule has 0 amide bonds. The van der Waals surface area contributed by atoms with Crippen LogP contribution in [-0.2, 0) is 6.42 Å². The number of nitrogens with zero attached hydrogens (tertiary/aromatic N) is 2. The van der Waals surface area contributed by atoms with E-state index < -0.39 is 0 Å². The maximum atomic E-state index is 11.6. The van der Waals surface area contributed by atoms with Gasteiger partial charge >= 0.3 is 0 Å². The van der Waals surface area contributed by atoms with Crippen molar-refractivity contribution in [1.29, 1.82) is 0 Å². The third-order valence-corrected chi connectivity index (χ3v) is 4.59. The molecule has 2 aromatic rings. The summed E-state index contributed by atoms with van der Waals surface area (Å²) in [6.45, 7) is 3.05. The molecule has 0 fully saturated rings. The number of benzene rings is 1. The Hall–Kier alpha value is -1.39. The monoisotopic (exact) mass is 306 g/mol. The maximum absolute atomic E-state index is 11.6. The molecule has 0 aliphatic carbocycles. The van der Waals surface area contributed by atoms with Gasteiger partial charge in [0.15, 0.2) is 10.9 Å². The second-order valence-corrected chi connectivity index (χ2v) is 6.06. The van der Waals surface area contributed by atoms with Crippen LogP contribution in [0, 0.1) is 6.92 Å². The quantitative estimate of drug-likeness (QED) is 0.636. The standard InChI is InChI=1S/C15H15ClN2OS/c1-10-4-5-13-11(7-10)3-2-6-18(13)15-17-12(9-20-15)14(19)8-16/h4-5,7,9H,2-3,6,8H2,1H3. The van der Waals surface area contributed by atoms with Crippen LogP contribution >= 0.6 is 22.9 Å². The molecule has 0 radical (unpaired) electrons. The smallest absolute Gasteiger partial charge is 0.196 e. The van der Waals surface area contributed by atoms with Crippen molar-refractivity contribution < 1.29 is 4.79 Å². The minimum absolute atomic E-state index is 0.0149. The molecule has 1 aliphatic rings. The molecule has 20 heavy (non-hydrogen) atoms. The lowest BCUT2D eigenvalue weighted by Gasteiger charge is -2.29. The molecule has 5 heteroatoms. The van der Waals surface area contributed by atoms with Crippen molar-refractivity contribution in [2.75, 3.05) is 17.3 Å². The Kier molecular flexibility index (Phi) is 3.76. The Morgan fingerprint density at radius 1 is 1.50 bits per heavy atom. The van der Waals surface area contributed by atoms with Gasteiger partial charge in [-0.1, -0.05) is 17.7 Å². The molecule has 1 aromatic carbocycles. The average Bonchev–Trinajstić information content (AvgIpc) is 2.95. The fourth-order valence-electron chi connectivity index (χ4n) is 2.51. The third kappa shape index (κ3) is 2.45. The number of anilines is 2. The van der Waals surface area contributed by atoms with Crippen LogP contribution in [0.2, 0.25) is 0 Å².